The molecule has 1 aromatic carbocycles. The van der Waals surface area contributed by atoms with Gasteiger partial charge >= 0.3 is 5.97 Å². The van der Waals surface area contributed by atoms with Crippen LogP contribution < -0.4 is 5.32 Å². The Morgan fingerprint density at radius 2 is 1.89 bits per heavy atom. The maximum Gasteiger partial charge on any atom is 0.308 e. The van der Waals surface area contributed by atoms with Crippen molar-refractivity contribution in [1.82, 2.24) is 5.32 Å². The Hall–Kier alpha value is -2.02. The molecule has 1 aliphatic heterocycles. The highest BCUT2D eigenvalue weighted by Gasteiger charge is 2.45. The zero-order valence-corrected chi connectivity index (χ0v) is 15.2. The highest BCUT2D eigenvalue weighted by atomic mass is 19.1. The largest absolute Gasteiger partial charge is 0.481 e. The molecule has 0 spiro atoms. The summed E-state index contributed by atoms with van der Waals surface area (Å²) in [6.45, 7) is 1.05. The van der Waals surface area contributed by atoms with Crippen molar-refractivity contribution in [2.45, 2.75) is 43.9 Å². The van der Waals surface area contributed by atoms with E-state index in [9.17, 15) is 23.5 Å². The van der Waals surface area contributed by atoms with E-state index in [0.29, 0.717) is 38.9 Å². The van der Waals surface area contributed by atoms with E-state index in [-0.39, 0.29) is 23.9 Å². The van der Waals surface area contributed by atoms with Crippen molar-refractivity contribution in [3.05, 3.63) is 35.4 Å². The zero-order valence-electron chi connectivity index (χ0n) is 15.2. The van der Waals surface area contributed by atoms with Gasteiger partial charge in [0.05, 0.1) is 11.3 Å². The van der Waals surface area contributed by atoms with Crippen LogP contribution in [0.25, 0.3) is 0 Å². The quantitative estimate of drug-likeness (QED) is 0.794. The fourth-order valence-corrected chi connectivity index (χ4v) is 4.42. The van der Waals surface area contributed by atoms with Gasteiger partial charge in [0.2, 0.25) is 5.91 Å². The predicted molar refractivity (Wildman–Crippen MR) is 94.2 cm³/mol. The van der Waals surface area contributed by atoms with Crippen molar-refractivity contribution in [3.8, 4) is 0 Å². The summed E-state index contributed by atoms with van der Waals surface area (Å²) in [5, 5.41) is 12.3. The Labute approximate surface area is 157 Å². The molecule has 0 radical (unpaired) electrons. The van der Waals surface area contributed by atoms with Gasteiger partial charge in [0.25, 0.3) is 0 Å². The Morgan fingerprint density at radius 1 is 1.22 bits per heavy atom. The third kappa shape index (κ3) is 4.13. The van der Waals surface area contributed by atoms with Gasteiger partial charge in [-0.2, -0.15) is 0 Å². The molecule has 5 nitrogen and oxygen atoms in total. The third-order valence-corrected chi connectivity index (χ3v) is 5.97. The van der Waals surface area contributed by atoms with Crippen LogP contribution in [0.3, 0.4) is 0 Å². The fourth-order valence-electron chi connectivity index (χ4n) is 4.42. The molecule has 1 aliphatic carbocycles. The fraction of sp³-hybridized carbons (Fsp3) is 0.600. The molecular formula is C20H25F2NO4. The van der Waals surface area contributed by atoms with Crippen LogP contribution in [0.1, 0.15) is 44.1 Å². The monoisotopic (exact) mass is 381 g/mol. The van der Waals surface area contributed by atoms with Gasteiger partial charge in [0.1, 0.15) is 11.6 Å². The lowest BCUT2D eigenvalue weighted by Gasteiger charge is -2.31. The van der Waals surface area contributed by atoms with Gasteiger partial charge in [-0.15, -0.1) is 0 Å². The van der Waals surface area contributed by atoms with Crippen LogP contribution in [0.2, 0.25) is 0 Å². The molecule has 1 saturated carbocycles. The number of carbonyl (C=O) groups excluding carboxylic acids is 1. The standard InChI is InChI=1S/C20H25F2NO4/c21-14-3-4-16(17(22)11-14)20(7-1-2-8-20)19(26)23-12-15(18(24)25)13-5-9-27-10-6-13/h3-4,11,13,15H,1-2,5-10,12H2,(H,23,26)(H,24,25). The van der Waals surface area contributed by atoms with E-state index in [1.165, 1.54) is 6.07 Å². The van der Waals surface area contributed by atoms with Crippen molar-refractivity contribution >= 4 is 11.9 Å². The summed E-state index contributed by atoms with van der Waals surface area (Å²) in [6.07, 6.45) is 3.76. The van der Waals surface area contributed by atoms with Crippen molar-refractivity contribution in [2.75, 3.05) is 19.8 Å². The number of hydrogen-bond donors (Lipinski definition) is 2. The van der Waals surface area contributed by atoms with Crippen LogP contribution >= 0.6 is 0 Å². The number of amides is 1. The highest BCUT2D eigenvalue weighted by molar-refractivity contribution is 5.89. The zero-order chi connectivity index (χ0) is 19.4. The Morgan fingerprint density at radius 3 is 2.48 bits per heavy atom. The topological polar surface area (TPSA) is 75.6 Å². The first kappa shape index (κ1) is 19.7. The molecule has 148 valence electrons. The van der Waals surface area contributed by atoms with Crippen LogP contribution in [0.4, 0.5) is 8.78 Å². The number of hydrogen-bond acceptors (Lipinski definition) is 3. The Balaban J connectivity index is 1.76. The molecule has 1 saturated heterocycles. The van der Waals surface area contributed by atoms with Crippen LogP contribution in [0.5, 0.6) is 0 Å². The number of halogens is 2. The van der Waals surface area contributed by atoms with Gasteiger partial charge in [-0.05, 0) is 37.7 Å². The lowest BCUT2D eigenvalue weighted by atomic mass is 9.77. The number of ether oxygens (including phenoxy) is 1. The average Bonchev–Trinajstić information content (AvgIpc) is 3.13. The molecule has 2 aliphatic rings. The molecule has 7 heteroatoms. The highest BCUT2D eigenvalue weighted by Crippen LogP contribution is 2.42. The summed E-state index contributed by atoms with van der Waals surface area (Å²) in [5.74, 6) is -3.49. The summed E-state index contributed by atoms with van der Waals surface area (Å²) in [7, 11) is 0. The molecule has 3 rings (SSSR count). The molecule has 0 aromatic heterocycles. The van der Waals surface area contributed by atoms with Crippen molar-refractivity contribution in [3.63, 3.8) is 0 Å². The number of benzene rings is 1. The Bertz CT molecular complexity index is 697. The lowest BCUT2D eigenvalue weighted by molar-refractivity contribution is -0.145. The molecule has 1 heterocycles. The molecular weight excluding hydrogens is 356 g/mol. The average molecular weight is 381 g/mol. The molecule has 2 fully saturated rings. The van der Waals surface area contributed by atoms with Crippen LogP contribution in [-0.4, -0.2) is 36.7 Å². The first-order chi connectivity index (χ1) is 12.9. The number of carboxylic acids is 1. The maximum atomic E-state index is 14.4. The SMILES string of the molecule is O=C(O)C(CNC(=O)C1(c2ccc(F)cc2F)CCCC1)C1CCOCC1. The summed E-state index contributed by atoms with van der Waals surface area (Å²) in [5.41, 5.74) is -0.867. The number of aliphatic carboxylic acids is 1. The van der Waals surface area contributed by atoms with E-state index in [1.54, 1.807) is 0 Å². The summed E-state index contributed by atoms with van der Waals surface area (Å²) >= 11 is 0. The van der Waals surface area contributed by atoms with Gasteiger partial charge in [-0.3, -0.25) is 9.59 Å². The second kappa shape index (κ2) is 8.33. The normalized spacial score (nSPS) is 21.0. The predicted octanol–water partition coefficient (Wildman–Crippen LogP) is 3.02. The van der Waals surface area contributed by atoms with Gasteiger partial charge in [-0.1, -0.05) is 18.9 Å². The summed E-state index contributed by atoms with van der Waals surface area (Å²) < 4.78 is 33.0. The second-order valence-corrected chi connectivity index (χ2v) is 7.52. The number of rotatable bonds is 6. The Kier molecular flexibility index (Phi) is 6.09. The number of nitrogens with one attached hydrogen (secondary N) is 1. The van der Waals surface area contributed by atoms with Gasteiger partial charge in [-0.25, -0.2) is 8.78 Å². The van der Waals surface area contributed by atoms with E-state index in [4.69, 9.17) is 4.74 Å². The number of carbonyl (C=O) groups is 2. The number of carboxylic acid groups (broad SMARTS) is 1. The smallest absolute Gasteiger partial charge is 0.308 e. The first-order valence-corrected chi connectivity index (χ1v) is 9.48. The minimum absolute atomic E-state index is 0.00337. The lowest BCUT2D eigenvalue weighted by Crippen LogP contribution is -2.47. The van der Waals surface area contributed by atoms with E-state index >= 15 is 0 Å². The van der Waals surface area contributed by atoms with Gasteiger partial charge in [0, 0.05) is 31.4 Å². The maximum absolute atomic E-state index is 14.4. The third-order valence-electron chi connectivity index (χ3n) is 5.97. The van der Waals surface area contributed by atoms with Crippen LogP contribution in [-0.2, 0) is 19.7 Å². The van der Waals surface area contributed by atoms with Crippen molar-refractivity contribution in [1.29, 1.82) is 0 Å². The van der Waals surface area contributed by atoms with E-state index < -0.39 is 28.9 Å². The van der Waals surface area contributed by atoms with Crippen LogP contribution in [0.15, 0.2) is 18.2 Å². The van der Waals surface area contributed by atoms with Gasteiger partial charge < -0.3 is 15.2 Å². The van der Waals surface area contributed by atoms with Crippen LogP contribution in [0, 0.1) is 23.5 Å². The summed E-state index contributed by atoms with van der Waals surface area (Å²) in [6, 6.07) is 3.29. The minimum atomic E-state index is -1.06. The minimum Gasteiger partial charge on any atom is -0.481 e. The van der Waals surface area contributed by atoms with E-state index in [0.717, 1.165) is 25.0 Å². The molecule has 27 heavy (non-hydrogen) atoms. The second-order valence-electron chi connectivity index (χ2n) is 7.52. The first-order valence-electron chi connectivity index (χ1n) is 9.48. The van der Waals surface area contributed by atoms with E-state index in [2.05, 4.69) is 5.32 Å². The van der Waals surface area contributed by atoms with E-state index in [1.807, 2.05) is 0 Å². The molecule has 1 unspecified atom stereocenters. The summed E-state index contributed by atoms with van der Waals surface area (Å²) in [4.78, 5) is 24.7. The molecule has 1 atom stereocenters. The van der Waals surface area contributed by atoms with Gasteiger partial charge in [0.15, 0.2) is 0 Å². The molecule has 1 amide bonds. The van der Waals surface area contributed by atoms with Crippen molar-refractivity contribution < 1.29 is 28.2 Å². The van der Waals surface area contributed by atoms with Crippen molar-refractivity contribution in [2.24, 2.45) is 11.8 Å². The molecule has 0 bridgehead atoms. The molecule has 2 N–H and O–H groups in total. The molecule has 1 aromatic rings.